The summed E-state index contributed by atoms with van der Waals surface area (Å²) in [6.45, 7) is 2.34. The molecule has 2 aromatic heterocycles. The van der Waals surface area contributed by atoms with Gasteiger partial charge in [0.15, 0.2) is 5.69 Å². The highest BCUT2D eigenvalue weighted by molar-refractivity contribution is 7.09. The van der Waals surface area contributed by atoms with Crippen LogP contribution in [0.15, 0.2) is 23.7 Å². The van der Waals surface area contributed by atoms with E-state index in [1.807, 2.05) is 17.5 Å². The second kappa shape index (κ2) is 7.53. The average molecular weight is 328 g/mol. The third kappa shape index (κ3) is 4.26. The Bertz CT molecular complexity index is 565. The molecule has 0 aromatic carbocycles. The van der Waals surface area contributed by atoms with Crippen LogP contribution in [-0.2, 0) is 6.54 Å². The van der Waals surface area contributed by atoms with Gasteiger partial charge in [-0.3, -0.25) is 4.79 Å². The summed E-state index contributed by atoms with van der Waals surface area (Å²) in [5.74, 6) is -0.156. The predicted molar refractivity (Wildman–Crippen MR) is 84.0 cm³/mol. The summed E-state index contributed by atoms with van der Waals surface area (Å²) >= 11 is 1.67. The van der Waals surface area contributed by atoms with Gasteiger partial charge in [-0.25, -0.2) is 4.68 Å². The van der Waals surface area contributed by atoms with Gasteiger partial charge in [0.1, 0.15) is 0 Å². The van der Waals surface area contributed by atoms with Crippen molar-refractivity contribution in [3.63, 3.8) is 0 Å². The highest BCUT2D eigenvalue weighted by Gasteiger charge is 2.16. The molecule has 21 heavy (non-hydrogen) atoms. The molecule has 3 heterocycles. The van der Waals surface area contributed by atoms with E-state index in [1.54, 1.807) is 22.2 Å². The van der Waals surface area contributed by atoms with E-state index in [-0.39, 0.29) is 18.3 Å². The second-order valence-electron chi connectivity index (χ2n) is 4.88. The van der Waals surface area contributed by atoms with Crippen LogP contribution < -0.4 is 10.6 Å². The molecule has 1 amide bonds. The van der Waals surface area contributed by atoms with Crippen molar-refractivity contribution in [1.29, 1.82) is 0 Å². The van der Waals surface area contributed by atoms with Crippen molar-refractivity contribution in [3.05, 3.63) is 34.3 Å². The maximum Gasteiger partial charge on any atom is 0.273 e. The molecule has 1 unspecified atom stereocenters. The lowest BCUT2D eigenvalue weighted by Gasteiger charge is -2.09. The summed E-state index contributed by atoms with van der Waals surface area (Å²) in [5.41, 5.74) is 0.375. The maximum absolute atomic E-state index is 12.0. The lowest BCUT2D eigenvalue weighted by atomic mass is 10.2. The van der Waals surface area contributed by atoms with E-state index in [1.165, 1.54) is 11.3 Å². The Hall–Kier alpha value is -1.44. The molecule has 0 saturated carbocycles. The Morgan fingerprint density at radius 1 is 1.57 bits per heavy atom. The maximum atomic E-state index is 12.0. The number of carbonyl (C=O) groups excluding carboxylic acids is 1. The molecule has 8 heteroatoms. The lowest BCUT2D eigenvalue weighted by molar-refractivity contribution is 0.0945. The van der Waals surface area contributed by atoms with Crippen LogP contribution in [0.5, 0.6) is 0 Å². The molecule has 0 bridgehead atoms. The number of amides is 1. The van der Waals surface area contributed by atoms with Gasteiger partial charge in [0.2, 0.25) is 0 Å². The van der Waals surface area contributed by atoms with Crippen molar-refractivity contribution in [2.45, 2.75) is 25.4 Å². The molecule has 114 valence electrons. The fourth-order valence-corrected chi connectivity index (χ4v) is 2.98. The van der Waals surface area contributed by atoms with Crippen LogP contribution in [-0.4, -0.2) is 40.0 Å². The average Bonchev–Trinajstić information content (AvgIpc) is 3.19. The first kappa shape index (κ1) is 15.9. The Labute approximate surface area is 133 Å². The van der Waals surface area contributed by atoms with E-state index in [9.17, 15) is 4.79 Å². The molecule has 1 atom stereocenters. The highest BCUT2D eigenvalue weighted by atomic mass is 35.5. The van der Waals surface area contributed by atoms with Crippen molar-refractivity contribution in [1.82, 2.24) is 25.6 Å². The molecule has 6 nitrogen and oxygen atoms in total. The number of carbonyl (C=O) groups is 1. The van der Waals surface area contributed by atoms with Crippen molar-refractivity contribution >= 4 is 29.7 Å². The summed E-state index contributed by atoms with van der Waals surface area (Å²) in [4.78, 5) is 13.2. The molecule has 1 aliphatic heterocycles. The van der Waals surface area contributed by atoms with Gasteiger partial charge >= 0.3 is 0 Å². The Morgan fingerprint density at radius 3 is 3.19 bits per heavy atom. The standard InChI is InChI=1S/C13H17N5OS.ClH/c19-13(15-7-10-3-1-5-14-10)12-9-18(17-16-12)8-11-4-2-6-20-11;/h2,4,6,9-10,14H,1,3,5,7-8H2,(H,15,19);1H. The summed E-state index contributed by atoms with van der Waals surface area (Å²) in [5, 5.41) is 16.2. The number of nitrogens with zero attached hydrogens (tertiary/aromatic N) is 3. The number of thiophene rings is 1. The first-order chi connectivity index (χ1) is 9.81. The van der Waals surface area contributed by atoms with Gasteiger partial charge < -0.3 is 10.6 Å². The van der Waals surface area contributed by atoms with Crippen LogP contribution in [0.2, 0.25) is 0 Å². The monoisotopic (exact) mass is 327 g/mol. The molecule has 0 radical (unpaired) electrons. The molecule has 2 aromatic rings. The Kier molecular flexibility index (Phi) is 5.72. The number of halogens is 1. The fourth-order valence-electron chi connectivity index (χ4n) is 2.28. The Balaban J connectivity index is 0.00000161. The quantitative estimate of drug-likeness (QED) is 0.868. The van der Waals surface area contributed by atoms with Crippen LogP contribution in [0, 0.1) is 0 Å². The summed E-state index contributed by atoms with van der Waals surface area (Å²) in [6, 6.07) is 4.43. The molecular formula is C13H18ClN5OS. The normalized spacial score (nSPS) is 17.4. The zero-order valence-electron chi connectivity index (χ0n) is 11.5. The van der Waals surface area contributed by atoms with Crippen LogP contribution in [0.4, 0.5) is 0 Å². The van der Waals surface area contributed by atoms with Crippen molar-refractivity contribution < 1.29 is 4.79 Å². The zero-order chi connectivity index (χ0) is 13.8. The van der Waals surface area contributed by atoms with E-state index < -0.39 is 0 Å². The number of nitrogens with one attached hydrogen (secondary N) is 2. The summed E-state index contributed by atoms with van der Waals surface area (Å²) in [7, 11) is 0. The minimum Gasteiger partial charge on any atom is -0.349 e. The summed E-state index contributed by atoms with van der Waals surface area (Å²) < 4.78 is 1.69. The minimum atomic E-state index is -0.156. The zero-order valence-corrected chi connectivity index (χ0v) is 13.1. The molecule has 0 aliphatic carbocycles. The van der Waals surface area contributed by atoms with Gasteiger partial charge in [0.05, 0.1) is 12.7 Å². The third-order valence-corrected chi connectivity index (χ3v) is 4.20. The van der Waals surface area contributed by atoms with E-state index in [0.717, 1.165) is 13.0 Å². The van der Waals surface area contributed by atoms with Crippen LogP contribution >= 0.6 is 23.7 Å². The molecule has 0 spiro atoms. The molecule has 1 aliphatic rings. The molecule has 1 fully saturated rings. The van der Waals surface area contributed by atoms with Crippen molar-refractivity contribution in [3.8, 4) is 0 Å². The first-order valence-corrected chi connectivity index (χ1v) is 7.63. The van der Waals surface area contributed by atoms with E-state index in [2.05, 4.69) is 20.9 Å². The fraction of sp³-hybridized carbons (Fsp3) is 0.462. The van der Waals surface area contributed by atoms with Crippen LogP contribution in [0.3, 0.4) is 0 Å². The minimum absolute atomic E-state index is 0. The van der Waals surface area contributed by atoms with E-state index in [0.29, 0.717) is 24.8 Å². The molecule has 3 rings (SSSR count). The number of rotatable bonds is 5. The highest BCUT2D eigenvalue weighted by Crippen LogP contribution is 2.10. The third-order valence-electron chi connectivity index (χ3n) is 3.34. The number of aromatic nitrogens is 3. The van der Waals surface area contributed by atoms with Gasteiger partial charge in [-0.2, -0.15) is 0 Å². The number of hydrogen-bond donors (Lipinski definition) is 2. The van der Waals surface area contributed by atoms with Gasteiger partial charge in [0.25, 0.3) is 5.91 Å². The molecule has 1 saturated heterocycles. The second-order valence-corrected chi connectivity index (χ2v) is 5.92. The molecular weight excluding hydrogens is 310 g/mol. The first-order valence-electron chi connectivity index (χ1n) is 6.75. The van der Waals surface area contributed by atoms with E-state index >= 15 is 0 Å². The topological polar surface area (TPSA) is 71.8 Å². The van der Waals surface area contributed by atoms with Gasteiger partial charge in [-0.05, 0) is 30.8 Å². The van der Waals surface area contributed by atoms with Crippen molar-refractivity contribution in [2.24, 2.45) is 0 Å². The predicted octanol–water partition coefficient (Wildman–Crippen LogP) is 1.29. The van der Waals surface area contributed by atoms with Crippen LogP contribution in [0.25, 0.3) is 0 Å². The van der Waals surface area contributed by atoms with Gasteiger partial charge in [-0.15, -0.1) is 28.8 Å². The molecule has 2 N–H and O–H groups in total. The van der Waals surface area contributed by atoms with E-state index in [4.69, 9.17) is 0 Å². The SMILES string of the molecule is Cl.O=C(NCC1CCCN1)c1cn(Cc2cccs2)nn1. The summed E-state index contributed by atoms with van der Waals surface area (Å²) in [6.07, 6.45) is 3.99. The van der Waals surface area contributed by atoms with Gasteiger partial charge in [0, 0.05) is 17.5 Å². The lowest BCUT2D eigenvalue weighted by Crippen LogP contribution is -2.37. The van der Waals surface area contributed by atoms with Gasteiger partial charge in [-0.1, -0.05) is 11.3 Å². The largest absolute Gasteiger partial charge is 0.349 e. The van der Waals surface area contributed by atoms with Crippen LogP contribution in [0.1, 0.15) is 28.2 Å². The smallest absolute Gasteiger partial charge is 0.273 e. The Morgan fingerprint density at radius 2 is 2.48 bits per heavy atom. The van der Waals surface area contributed by atoms with Crippen molar-refractivity contribution in [2.75, 3.05) is 13.1 Å². The number of hydrogen-bond acceptors (Lipinski definition) is 5.